The van der Waals surface area contributed by atoms with Gasteiger partial charge in [-0.3, -0.25) is 4.79 Å². The molecule has 0 unspecified atom stereocenters. The van der Waals surface area contributed by atoms with Gasteiger partial charge in [-0.1, -0.05) is 41.9 Å². The number of ether oxygens (including phenoxy) is 2. The second-order valence-corrected chi connectivity index (χ2v) is 10.5. The molecule has 0 aromatic heterocycles. The second-order valence-electron chi connectivity index (χ2n) is 8.10. The highest BCUT2D eigenvalue weighted by Crippen LogP contribution is 2.25. The third kappa shape index (κ3) is 6.54. The number of sulfonamides is 1. The molecule has 0 aliphatic carbocycles. The van der Waals surface area contributed by atoms with Crippen LogP contribution in [0.4, 0.5) is 0 Å². The molecule has 0 spiro atoms. The van der Waals surface area contributed by atoms with Gasteiger partial charge >= 0.3 is 0 Å². The Morgan fingerprint density at radius 1 is 0.943 bits per heavy atom. The van der Waals surface area contributed by atoms with E-state index in [4.69, 9.17) is 21.1 Å². The number of carbonyl (C=O) groups is 1. The average molecular weight is 515 g/mol. The normalized spacial score (nSPS) is 14.0. The maximum Gasteiger partial charge on any atom is 0.255 e. The van der Waals surface area contributed by atoms with Crippen molar-refractivity contribution in [2.45, 2.75) is 24.3 Å². The topological polar surface area (TPSA) is 84.9 Å². The van der Waals surface area contributed by atoms with Crippen LogP contribution in [-0.2, 0) is 16.6 Å². The van der Waals surface area contributed by atoms with Crippen molar-refractivity contribution < 1.29 is 22.7 Å². The van der Waals surface area contributed by atoms with Crippen molar-refractivity contribution in [2.75, 3.05) is 26.2 Å². The van der Waals surface area contributed by atoms with Crippen LogP contribution >= 0.6 is 11.6 Å². The number of rotatable bonds is 10. The number of nitrogens with one attached hydrogen (secondary N) is 1. The Morgan fingerprint density at radius 2 is 1.66 bits per heavy atom. The van der Waals surface area contributed by atoms with E-state index in [0.29, 0.717) is 41.8 Å². The Kier molecular flexibility index (Phi) is 8.28. The Bertz CT molecular complexity index is 1240. The Morgan fingerprint density at radius 3 is 2.37 bits per heavy atom. The number of benzene rings is 3. The fourth-order valence-corrected chi connectivity index (χ4v) is 5.44. The molecule has 0 radical (unpaired) electrons. The first-order valence-corrected chi connectivity index (χ1v) is 13.2. The SMILES string of the molecule is O=C(NCCOc1ccc(S(=O)(=O)N2CCCC2)cc1)c1cc(Cl)ccc1OCc1ccccc1. The first-order chi connectivity index (χ1) is 16.9. The summed E-state index contributed by atoms with van der Waals surface area (Å²) in [6, 6.07) is 20.9. The lowest BCUT2D eigenvalue weighted by molar-refractivity contribution is 0.0942. The van der Waals surface area contributed by atoms with Crippen molar-refractivity contribution >= 4 is 27.5 Å². The lowest BCUT2D eigenvalue weighted by atomic mass is 10.2. The predicted octanol–water partition coefficient (Wildman–Crippen LogP) is 4.51. The van der Waals surface area contributed by atoms with Gasteiger partial charge in [-0.15, -0.1) is 0 Å². The van der Waals surface area contributed by atoms with Crippen molar-refractivity contribution in [1.29, 1.82) is 0 Å². The summed E-state index contributed by atoms with van der Waals surface area (Å²) in [5.74, 6) is 0.631. The highest BCUT2D eigenvalue weighted by molar-refractivity contribution is 7.89. The molecule has 184 valence electrons. The van der Waals surface area contributed by atoms with Crippen LogP contribution in [0.2, 0.25) is 5.02 Å². The van der Waals surface area contributed by atoms with E-state index in [1.54, 1.807) is 42.5 Å². The number of nitrogens with zero attached hydrogens (tertiary/aromatic N) is 1. The van der Waals surface area contributed by atoms with Crippen molar-refractivity contribution in [2.24, 2.45) is 0 Å². The third-order valence-electron chi connectivity index (χ3n) is 5.61. The smallest absolute Gasteiger partial charge is 0.255 e. The molecule has 4 rings (SSSR count). The van der Waals surface area contributed by atoms with Crippen LogP contribution < -0.4 is 14.8 Å². The zero-order valence-corrected chi connectivity index (χ0v) is 20.7. The summed E-state index contributed by atoms with van der Waals surface area (Å²) >= 11 is 6.10. The van der Waals surface area contributed by atoms with Crippen LogP contribution in [0.25, 0.3) is 0 Å². The summed E-state index contributed by atoms with van der Waals surface area (Å²) in [6.45, 7) is 1.91. The van der Waals surface area contributed by atoms with Crippen LogP contribution in [-0.4, -0.2) is 44.9 Å². The molecular weight excluding hydrogens is 488 g/mol. The largest absolute Gasteiger partial charge is 0.492 e. The first-order valence-electron chi connectivity index (χ1n) is 11.4. The molecule has 3 aromatic rings. The molecule has 1 saturated heterocycles. The van der Waals surface area contributed by atoms with E-state index in [1.807, 2.05) is 30.3 Å². The predicted molar refractivity (Wildman–Crippen MR) is 134 cm³/mol. The number of amides is 1. The number of carbonyl (C=O) groups excluding carboxylic acids is 1. The molecule has 7 nitrogen and oxygen atoms in total. The van der Waals surface area contributed by atoms with Crippen LogP contribution in [0.5, 0.6) is 11.5 Å². The van der Waals surface area contributed by atoms with E-state index in [0.717, 1.165) is 18.4 Å². The minimum absolute atomic E-state index is 0.213. The van der Waals surface area contributed by atoms with Crippen molar-refractivity contribution in [3.05, 3.63) is 88.9 Å². The maximum absolute atomic E-state index is 12.7. The van der Waals surface area contributed by atoms with Gasteiger partial charge in [-0.25, -0.2) is 8.42 Å². The van der Waals surface area contributed by atoms with Crippen molar-refractivity contribution in [3.8, 4) is 11.5 Å². The first kappa shape index (κ1) is 25.0. The van der Waals surface area contributed by atoms with Crippen molar-refractivity contribution in [1.82, 2.24) is 9.62 Å². The van der Waals surface area contributed by atoms with E-state index in [9.17, 15) is 13.2 Å². The van der Waals surface area contributed by atoms with Crippen LogP contribution in [0.3, 0.4) is 0 Å². The van der Waals surface area contributed by atoms with Gasteiger partial charge in [0, 0.05) is 18.1 Å². The molecule has 1 aliphatic heterocycles. The highest BCUT2D eigenvalue weighted by Gasteiger charge is 2.26. The summed E-state index contributed by atoms with van der Waals surface area (Å²) < 4.78 is 38.2. The Balaban J connectivity index is 1.29. The fraction of sp³-hybridized carbons (Fsp3) is 0.269. The van der Waals surface area contributed by atoms with Gasteiger partial charge in [-0.05, 0) is 60.9 Å². The van der Waals surface area contributed by atoms with E-state index < -0.39 is 10.0 Å². The minimum Gasteiger partial charge on any atom is -0.492 e. The summed E-state index contributed by atoms with van der Waals surface area (Å²) in [5.41, 5.74) is 1.33. The van der Waals surface area contributed by atoms with E-state index in [1.165, 1.54) is 4.31 Å². The van der Waals surface area contributed by atoms with Crippen molar-refractivity contribution in [3.63, 3.8) is 0 Å². The maximum atomic E-state index is 12.7. The van der Waals surface area contributed by atoms with Gasteiger partial charge in [0.2, 0.25) is 10.0 Å². The molecule has 0 bridgehead atoms. The number of halogens is 1. The van der Waals surface area contributed by atoms with E-state index in [-0.39, 0.29) is 24.0 Å². The standard InChI is InChI=1S/C26H27ClN2O5S/c27-21-8-13-25(34-19-20-6-2-1-3-7-20)24(18-21)26(30)28-14-17-33-22-9-11-23(12-10-22)35(31,32)29-15-4-5-16-29/h1-3,6-13,18H,4-5,14-17,19H2,(H,28,30). The number of hydrogen-bond donors (Lipinski definition) is 1. The van der Waals surface area contributed by atoms with Crippen LogP contribution in [0.15, 0.2) is 77.7 Å². The third-order valence-corrected chi connectivity index (χ3v) is 7.75. The van der Waals surface area contributed by atoms with Gasteiger partial charge in [0.05, 0.1) is 17.0 Å². The lowest BCUT2D eigenvalue weighted by Crippen LogP contribution is -2.28. The molecule has 0 atom stereocenters. The zero-order valence-electron chi connectivity index (χ0n) is 19.2. The van der Waals surface area contributed by atoms with Gasteiger partial charge < -0.3 is 14.8 Å². The van der Waals surface area contributed by atoms with E-state index in [2.05, 4.69) is 5.32 Å². The van der Waals surface area contributed by atoms with Gasteiger partial charge in [0.25, 0.3) is 5.91 Å². The quantitative estimate of drug-likeness (QED) is 0.402. The molecule has 0 saturated carbocycles. The van der Waals surface area contributed by atoms with Crippen LogP contribution in [0, 0.1) is 0 Å². The molecule has 1 N–H and O–H groups in total. The Hall–Kier alpha value is -3.07. The molecule has 1 fully saturated rings. The molecule has 35 heavy (non-hydrogen) atoms. The molecule has 9 heteroatoms. The average Bonchev–Trinajstić information content (AvgIpc) is 3.43. The summed E-state index contributed by atoms with van der Waals surface area (Å²) in [4.78, 5) is 13.0. The lowest BCUT2D eigenvalue weighted by Gasteiger charge is -2.16. The minimum atomic E-state index is -3.45. The van der Waals surface area contributed by atoms with Gasteiger partial charge in [0.15, 0.2) is 0 Å². The Labute approximate surface area is 210 Å². The molecular formula is C26H27ClN2O5S. The summed E-state index contributed by atoms with van der Waals surface area (Å²) in [6.07, 6.45) is 1.78. The summed E-state index contributed by atoms with van der Waals surface area (Å²) in [5, 5.41) is 3.24. The molecule has 1 amide bonds. The highest BCUT2D eigenvalue weighted by atomic mass is 35.5. The zero-order chi connectivity index (χ0) is 24.7. The van der Waals surface area contributed by atoms with Gasteiger partial charge in [0.1, 0.15) is 24.7 Å². The summed E-state index contributed by atoms with van der Waals surface area (Å²) in [7, 11) is -3.45. The number of hydrogen-bond acceptors (Lipinski definition) is 5. The van der Waals surface area contributed by atoms with Gasteiger partial charge in [-0.2, -0.15) is 4.31 Å². The monoisotopic (exact) mass is 514 g/mol. The molecule has 3 aromatic carbocycles. The second kappa shape index (κ2) is 11.6. The van der Waals surface area contributed by atoms with Crippen LogP contribution in [0.1, 0.15) is 28.8 Å². The fourth-order valence-electron chi connectivity index (χ4n) is 3.75. The molecule has 1 aliphatic rings. The van der Waals surface area contributed by atoms with E-state index >= 15 is 0 Å². The molecule has 1 heterocycles.